The van der Waals surface area contributed by atoms with Gasteiger partial charge in [0.2, 0.25) is 0 Å². The normalized spacial score (nSPS) is 25.3. The smallest absolute Gasteiger partial charge is 0.153 e. The van der Waals surface area contributed by atoms with Crippen LogP contribution in [0.1, 0.15) is 12.5 Å². The Kier molecular flexibility index (Phi) is 4.97. The van der Waals surface area contributed by atoms with Gasteiger partial charge in [0.05, 0.1) is 11.9 Å². The molecule has 0 saturated heterocycles. The van der Waals surface area contributed by atoms with Gasteiger partial charge in [0.15, 0.2) is 5.84 Å². The van der Waals surface area contributed by atoms with E-state index < -0.39 is 0 Å². The van der Waals surface area contributed by atoms with Crippen molar-refractivity contribution < 1.29 is 0 Å². The topological polar surface area (TPSA) is 52.9 Å². The lowest BCUT2D eigenvalue weighted by Crippen LogP contribution is -2.55. The number of hydrazone groups is 1. The summed E-state index contributed by atoms with van der Waals surface area (Å²) >= 11 is 16.5. The number of halogens is 3. The van der Waals surface area contributed by atoms with Crippen LogP contribution in [0.25, 0.3) is 0 Å². The van der Waals surface area contributed by atoms with Gasteiger partial charge in [-0.05, 0) is 36.8 Å². The summed E-state index contributed by atoms with van der Waals surface area (Å²) in [5.41, 5.74) is 2.60. The quantitative estimate of drug-likeness (QED) is 0.655. The van der Waals surface area contributed by atoms with Crippen LogP contribution < -0.4 is 5.32 Å². The molecule has 1 aromatic heterocycles. The summed E-state index contributed by atoms with van der Waals surface area (Å²) in [5, 5.41) is 11.2. The minimum absolute atomic E-state index is 0.116. The molecule has 27 heavy (non-hydrogen) atoms. The number of nitrogens with zero attached hydrogens (tertiary/aromatic N) is 4. The number of rotatable bonds is 3. The molecule has 2 aliphatic heterocycles. The third-order valence-electron chi connectivity index (χ3n) is 4.39. The molecule has 2 unspecified atom stereocenters. The number of allylic oxidation sites excluding steroid dienone is 1. The first kappa shape index (κ1) is 18.5. The molecule has 1 N–H and O–H groups in total. The monoisotopic (exact) mass is 463 g/mol. The zero-order chi connectivity index (χ0) is 19.0. The van der Waals surface area contributed by atoms with Gasteiger partial charge in [-0.3, -0.25) is 4.98 Å². The molecule has 0 amide bonds. The molecule has 0 radical (unpaired) electrons. The molecule has 2 atom stereocenters. The number of alkyl halides is 1. The fourth-order valence-electron chi connectivity index (χ4n) is 3.01. The van der Waals surface area contributed by atoms with Crippen LogP contribution in [-0.2, 0) is 6.42 Å². The largest absolute Gasteiger partial charge is 0.365 e. The van der Waals surface area contributed by atoms with Crippen LogP contribution >= 0.6 is 39.1 Å². The predicted molar refractivity (Wildman–Crippen MR) is 114 cm³/mol. The van der Waals surface area contributed by atoms with Gasteiger partial charge in [0.25, 0.3) is 0 Å². The number of nitrogens with one attached hydrogen (secondary N) is 1. The number of aliphatic imine (C=N–C) groups is 1. The van der Waals surface area contributed by atoms with E-state index in [2.05, 4.69) is 38.3 Å². The number of hydrogen-bond donors (Lipinski definition) is 1. The molecule has 0 aliphatic carbocycles. The molecule has 0 saturated carbocycles. The standard InChI is InChI=1S/C19H16BrCl2N5/c1-19(20)11-24-27-17(25-12-4-3-7-23-10-12)9-13(26-18(19)27)8-14-15(21)5-2-6-16(14)22/h2-7,9-11,18,26H,8H2,1H3. The van der Waals surface area contributed by atoms with Gasteiger partial charge in [0, 0.05) is 40.7 Å². The Morgan fingerprint density at radius 3 is 2.74 bits per heavy atom. The minimum atomic E-state index is -0.341. The maximum atomic E-state index is 6.36. The lowest BCUT2D eigenvalue weighted by atomic mass is 10.0. The molecule has 8 heteroatoms. The Morgan fingerprint density at radius 2 is 2.04 bits per heavy atom. The zero-order valence-electron chi connectivity index (χ0n) is 14.4. The highest BCUT2D eigenvalue weighted by atomic mass is 79.9. The van der Waals surface area contributed by atoms with Crippen LogP contribution in [-0.4, -0.2) is 32.5 Å². The Morgan fingerprint density at radius 1 is 1.26 bits per heavy atom. The third-order valence-corrected chi connectivity index (χ3v) is 5.74. The molecule has 0 bridgehead atoms. The fourth-order valence-corrected chi connectivity index (χ4v) is 3.94. The van der Waals surface area contributed by atoms with Crippen LogP contribution in [0.2, 0.25) is 10.0 Å². The van der Waals surface area contributed by atoms with E-state index in [-0.39, 0.29) is 10.5 Å². The molecule has 2 aromatic rings. The highest BCUT2D eigenvalue weighted by Gasteiger charge is 2.43. The van der Waals surface area contributed by atoms with E-state index in [9.17, 15) is 0 Å². The maximum absolute atomic E-state index is 6.36. The molecule has 4 rings (SSSR count). The molecule has 0 spiro atoms. The summed E-state index contributed by atoms with van der Waals surface area (Å²) in [5.74, 6) is 0.726. The first-order valence-corrected chi connectivity index (χ1v) is 9.91. The zero-order valence-corrected chi connectivity index (χ0v) is 17.5. The van der Waals surface area contributed by atoms with Crippen molar-refractivity contribution in [2.75, 3.05) is 0 Å². The van der Waals surface area contributed by atoms with E-state index in [0.717, 1.165) is 22.8 Å². The lowest BCUT2D eigenvalue weighted by Gasteiger charge is -2.36. The van der Waals surface area contributed by atoms with E-state index in [1.54, 1.807) is 12.4 Å². The van der Waals surface area contributed by atoms with Crippen LogP contribution in [0.3, 0.4) is 0 Å². The first-order valence-electron chi connectivity index (χ1n) is 8.36. The maximum Gasteiger partial charge on any atom is 0.153 e. The Balaban J connectivity index is 1.73. The van der Waals surface area contributed by atoms with E-state index >= 15 is 0 Å². The summed E-state index contributed by atoms with van der Waals surface area (Å²) in [6.45, 7) is 2.06. The molecular formula is C19H16BrCl2N5. The van der Waals surface area contributed by atoms with Crippen molar-refractivity contribution in [1.82, 2.24) is 15.3 Å². The fraction of sp³-hybridized carbons (Fsp3) is 0.211. The van der Waals surface area contributed by atoms with Gasteiger partial charge >= 0.3 is 0 Å². The van der Waals surface area contributed by atoms with Crippen molar-refractivity contribution in [3.63, 3.8) is 0 Å². The molecule has 2 aliphatic rings. The second-order valence-corrected chi connectivity index (χ2v) is 9.04. The van der Waals surface area contributed by atoms with Crippen molar-refractivity contribution in [2.24, 2.45) is 10.1 Å². The van der Waals surface area contributed by atoms with Crippen molar-refractivity contribution in [2.45, 2.75) is 23.8 Å². The summed E-state index contributed by atoms with van der Waals surface area (Å²) in [7, 11) is 0. The van der Waals surface area contributed by atoms with Crippen molar-refractivity contribution in [3.8, 4) is 0 Å². The number of fused-ring (bicyclic) bond motifs is 1. The number of hydrogen-bond acceptors (Lipinski definition) is 4. The average molecular weight is 465 g/mol. The lowest BCUT2D eigenvalue weighted by molar-refractivity contribution is 0.292. The van der Waals surface area contributed by atoms with E-state index in [4.69, 9.17) is 28.2 Å². The van der Waals surface area contributed by atoms with Gasteiger partial charge in [-0.15, -0.1) is 0 Å². The van der Waals surface area contributed by atoms with Gasteiger partial charge in [0.1, 0.15) is 10.5 Å². The molecule has 1 aromatic carbocycles. The molecule has 3 heterocycles. The highest BCUT2D eigenvalue weighted by Crippen LogP contribution is 2.34. The van der Waals surface area contributed by atoms with E-state index in [1.165, 1.54) is 0 Å². The average Bonchev–Trinajstić information content (AvgIpc) is 2.95. The molecular weight excluding hydrogens is 449 g/mol. The summed E-state index contributed by atoms with van der Waals surface area (Å²) in [6, 6.07) is 9.29. The van der Waals surface area contributed by atoms with Gasteiger partial charge < -0.3 is 5.32 Å². The molecule has 138 valence electrons. The minimum Gasteiger partial charge on any atom is -0.365 e. The summed E-state index contributed by atoms with van der Waals surface area (Å²) < 4.78 is -0.341. The number of amidine groups is 1. The third kappa shape index (κ3) is 3.74. The second-order valence-electron chi connectivity index (χ2n) is 6.52. The summed E-state index contributed by atoms with van der Waals surface area (Å²) in [6.07, 6.45) is 7.72. The predicted octanol–water partition coefficient (Wildman–Crippen LogP) is 4.93. The van der Waals surface area contributed by atoms with Crippen molar-refractivity contribution in [3.05, 3.63) is 70.1 Å². The Bertz CT molecular complexity index is 936. The van der Waals surface area contributed by atoms with Crippen LogP contribution in [0.5, 0.6) is 0 Å². The van der Waals surface area contributed by atoms with Gasteiger partial charge in [-0.1, -0.05) is 45.2 Å². The highest BCUT2D eigenvalue weighted by molar-refractivity contribution is 9.10. The second kappa shape index (κ2) is 7.26. The Labute approximate surface area is 175 Å². The van der Waals surface area contributed by atoms with Crippen molar-refractivity contribution in [1.29, 1.82) is 0 Å². The molecule has 0 fully saturated rings. The molecule has 5 nitrogen and oxygen atoms in total. The SMILES string of the molecule is CC1(Br)C=NN2C(=Nc3cccnc3)C=C(Cc3c(Cl)cccc3Cl)NC21. The number of pyridine rings is 1. The van der Waals surface area contributed by atoms with E-state index in [0.29, 0.717) is 16.5 Å². The van der Waals surface area contributed by atoms with Crippen LogP contribution in [0, 0.1) is 0 Å². The first-order chi connectivity index (χ1) is 12.9. The van der Waals surface area contributed by atoms with Crippen LogP contribution in [0.4, 0.5) is 5.69 Å². The summed E-state index contributed by atoms with van der Waals surface area (Å²) in [4.78, 5) is 8.86. The number of aromatic nitrogens is 1. The van der Waals surface area contributed by atoms with Crippen LogP contribution in [0.15, 0.2) is 64.6 Å². The van der Waals surface area contributed by atoms with Gasteiger partial charge in [-0.25, -0.2) is 10.0 Å². The Hall–Kier alpha value is -1.89. The van der Waals surface area contributed by atoms with Gasteiger partial charge in [-0.2, -0.15) is 5.10 Å². The van der Waals surface area contributed by atoms with E-state index in [1.807, 2.05) is 47.6 Å². The number of benzene rings is 1. The van der Waals surface area contributed by atoms with Crippen molar-refractivity contribution >= 4 is 56.9 Å².